The standard InChI is InChI=1S/C26H24F3N5O5/c27-26(28,29)18-4-3-17(15-34-10-9-30-14-23(34)35)21(11-18)33-25(38)32-13-16-1-5-19(6-2-16)39-20-7-8-31-22(12-20)24(36)37/h1-8,11-12,30H,9-10,13-15H2,(H,36,37)(H2,32,33,38). The van der Waals surface area contributed by atoms with Gasteiger partial charge in [-0.2, -0.15) is 13.2 Å². The van der Waals surface area contributed by atoms with Crippen molar-refractivity contribution in [3.63, 3.8) is 0 Å². The summed E-state index contributed by atoms with van der Waals surface area (Å²) < 4.78 is 45.6. The number of amides is 3. The van der Waals surface area contributed by atoms with Gasteiger partial charge >= 0.3 is 18.2 Å². The molecule has 0 aliphatic carbocycles. The summed E-state index contributed by atoms with van der Waals surface area (Å²) in [4.78, 5) is 41.0. The van der Waals surface area contributed by atoms with E-state index in [2.05, 4.69) is 20.9 Å². The largest absolute Gasteiger partial charge is 0.477 e. The van der Waals surface area contributed by atoms with Crippen LogP contribution >= 0.6 is 0 Å². The molecular formula is C26H24F3N5O5. The lowest BCUT2D eigenvalue weighted by Gasteiger charge is -2.28. The predicted molar refractivity (Wildman–Crippen MR) is 133 cm³/mol. The zero-order valence-corrected chi connectivity index (χ0v) is 20.4. The average molecular weight is 544 g/mol. The summed E-state index contributed by atoms with van der Waals surface area (Å²) in [7, 11) is 0. The Kier molecular flexibility index (Phi) is 8.30. The van der Waals surface area contributed by atoms with E-state index in [0.29, 0.717) is 30.0 Å². The molecule has 0 spiro atoms. The molecule has 3 aromatic rings. The molecule has 0 saturated carbocycles. The summed E-state index contributed by atoms with van der Waals surface area (Å²) in [6.45, 7) is 1.22. The molecule has 3 amide bonds. The van der Waals surface area contributed by atoms with Gasteiger partial charge < -0.3 is 30.7 Å². The Morgan fingerprint density at radius 1 is 1.08 bits per heavy atom. The van der Waals surface area contributed by atoms with Crippen molar-refractivity contribution in [2.45, 2.75) is 19.3 Å². The number of carbonyl (C=O) groups excluding carboxylic acids is 2. The van der Waals surface area contributed by atoms with E-state index in [1.165, 1.54) is 29.3 Å². The molecule has 2 aromatic carbocycles. The first-order valence-corrected chi connectivity index (χ1v) is 11.8. The second-order valence-corrected chi connectivity index (χ2v) is 8.60. The molecule has 1 fully saturated rings. The van der Waals surface area contributed by atoms with Crippen LogP contribution in [0.25, 0.3) is 0 Å². The summed E-state index contributed by atoms with van der Waals surface area (Å²) in [5, 5.41) is 17.0. The van der Waals surface area contributed by atoms with E-state index < -0.39 is 23.7 Å². The Morgan fingerprint density at radius 3 is 2.54 bits per heavy atom. The van der Waals surface area contributed by atoms with Gasteiger partial charge in [0.2, 0.25) is 5.91 Å². The number of aromatic nitrogens is 1. The number of rotatable bonds is 8. The first kappa shape index (κ1) is 27.4. The minimum atomic E-state index is -4.61. The van der Waals surface area contributed by atoms with E-state index in [9.17, 15) is 27.6 Å². The predicted octanol–water partition coefficient (Wildman–Crippen LogP) is 3.84. The summed E-state index contributed by atoms with van der Waals surface area (Å²) >= 11 is 0. The highest BCUT2D eigenvalue weighted by Gasteiger charge is 2.31. The average Bonchev–Trinajstić information content (AvgIpc) is 2.90. The molecule has 1 aliphatic rings. The number of benzene rings is 2. The fraction of sp³-hybridized carbons (Fsp3) is 0.231. The van der Waals surface area contributed by atoms with Crippen molar-refractivity contribution in [1.82, 2.24) is 20.5 Å². The van der Waals surface area contributed by atoms with E-state index >= 15 is 0 Å². The molecule has 1 saturated heterocycles. The third-order valence-corrected chi connectivity index (χ3v) is 5.80. The number of alkyl halides is 3. The molecule has 4 N–H and O–H groups in total. The fourth-order valence-electron chi connectivity index (χ4n) is 3.78. The van der Waals surface area contributed by atoms with Gasteiger partial charge in [0.15, 0.2) is 5.69 Å². The quantitative estimate of drug-likeness (QED) is 0.339. The number of carboxylic acids is 1. The first-order chi connectivity index (χ1) is 18.6. The maximum Gasteiger partial charge on any atom is 0.416 e. The van der Waals surface area contributed by atoms with Gasteiger partial charge in [0, 0.05) is 44.1 Å². The number of halogens is 3. The molecule has 1 aromatic heterocycles. The van der Waals surface area contributed by atoms with E-state index in [0.717, 1.165) is 12.1 Å². The van der Waals surface area contributed by atoms with Crippen LogP contribution in [0.4, 0.5) is 23.7 Å². The Labute approximate surface area is 220 Å². The maximum absolute atomic E-state index is 13.3. The zero-order valence-electron chi connectivity index (χ0n) is 20.4. The van der Waals surface area contributed by atoms with Crippen molar-refractivity contribution in [2.24, 2.45) is 0 Å². The second kappa shape index (κ2) is 11.8. The zero-order chi connectivity index (χ0) is 28.0. The summed E-state index contributed by atoms with van der Waals surface area (Å²) in [5.74, 6) is -0.668. The molecule has 0 unspecified atom stereocenters. The number of nitrogens with one attached hydrogen (secondary N) is 3. The van der Waals surface area contributed by atoms with Crippen molar-refractivity contribution < 1.29 is 37.4 Å². The highest BCUT2D eigenvalue weighted by Crippen LogP contribution is 2.33. The van der Waals surface area contributed by atoms with E-state index in [4.69, 9.17) is 9.84 Å². The Bertz CT molecular complexity index is 1360. The lowest BCUT2D eigenvalue weighted by atomic mass is 10.1. The monoisotopic (exact) mass is 543 g/mol. The molecular weight excluding hydrogens is 519 g/mol. The number of carbonyl (C=O) groups is 3. The number of anilines is 1. The first-order valence-electron chi connectivity index (χ1n) is 11.8. The molecule has 0 radical (unpaired) electrons. The van der Waals surface area contributed by atoms with Gasteiger partial charge in [-0.15, -0.1) is 0 Å². The molecule has 2 heterocycles. The Balaban J connectivity index is 1.39. The van der Waals surface area contributed by atoms with Crippen LogP contribution in [0.15, 0.2) is 60.8 Å². The topological polar surface area (TPSA) is 133 Å². The number of carboxylic acid groups (broad SMARTS) is 1. The lowest BCUT2D eigenvalue weighted by Crippen LogP contribution is -2.47. The minimum absolute atomic E-state index is 0.0458. The van der Waals surface area contributed by atoms with Crippen molar-refractivity contribution in [3.8, 4) is 11.5 Å². The van der Waals surface area contributed by atoms with Crippen LogP contribution in [0.2, 0.25) is 0 Å². The fourth-order valence-corrected chi connectivity index (χ4v) is 3.78. The van der Waals surface area contributed by atoms with Gasteiger partial charge in [-0.3, -0.25) is 4.79 Å². The normalized spacial score (nSPS) is 13.6. The van der Waals surface area contributed by atoms with Gasteiger partial charge in [0.1, 0.15) is 11.5 Å². The van der Waals surface area contributed by atoms with Crippen LogP contribution in [0.5, 0.6) is 11.5 Å². The van der Waals surface area contributed by atoms with E-state index in [1.54, 1.807) is 24.3 Å². The smallest absolute Gasteiger partial charge is 0.416 e. The highest BCUT2D eigenvalue weighted by molar-refractivity contribution is 5.90. The van der Waals surface area contributed by atoms with Crippen molar-refractivity contribution in [2.75, 3.05) is 25.0 Å². The molecule has 0 bridgehead atoms. The maximum atomic E-state index is 13.3. The molecule has 13 heteroatoms. The van der Waals surface area contributed by atoms with E-state index in [1.807, 2.05) is 0 Å². The van der Waals surface area contributed by atoms with Crippen LogP contribution < -0.4 is 20.7 Å². The van der Waals surface area contributed by atoms with Gasteiger partial charge in [-0.05, 0) is 41.5 Å². The number of urea groups is 1. The third-order valence-electron chi connectivity index (χ3n) is 5.80. The Hall–Kier alpha value is -4.65. The second-order valence-electron chi connectivity index (χ2n) is 8.60. The van der Waals surface area contributed by atoms with Crippen molar-refractivity contribution >= 4 is 23.6 Å². The molecule has 1 aliphatic heterocycles. The summed E-state index contributed by atoms with van der Waals surface area (Å²) in [5.41, 5.74) is -0.0852. The van der Waals surface area contributed by atoms with Crippen LogP contribution in [0.1, 0.15) is 27.2 Å². The van der Waals surface area contributed by atoms with Gasteiger partial charge in [-0.25, -0.2) is 14.6 Å². The van der Waals surface area contributed by atoms with E-state index in [-0.39, 0.29) is 42.7 Å². The molecule has 39 heavy (non-hydrogen) atoms. The number of nitrogens with zero attached hydrogens (tertiary/aromatic N) is 2. The van der Waals surface area contributed by atoms with Gasteiger partial charge in [0.05, 0.1) is 12.1 Å². The van der Waals surface area contributed by atoms with Gasteiger partial charge in [-0.1, -0.05) is 18.2 Å². The lowest BCUT2D eigenvalue weighted by molar-refractivity contribution is -0.137. The SMILES string of the molecule is O=C(NCc1ccc(Oc2ccnc(C(=O)O)c2)cc1)Nc1cc(C(F)(F)F)ccc1CN1CCNCC1=O. The van der Waals surface area contributed by atoms with Crippen molar-refractivity contribution in [3.05, 3.63) is 83.2 Å². The highest BCUT2D eigenvalue weighted by atomic mass is 19.4. The summed E-state index contributed by atoms with van der Waals surface area (Å²) in [6.07, 6.45) is -3.29. The van der Waals surface area contributed by atoms with Gasteiger partial charge in [0.25, 0.3) is 0 Å². The van der Waals surface area contributed by atoms with Crippen LogP contribution in [-0.2, 0) is 24.1 Å². The number of piperazine rings is 1. The number of aromatic carboxylic acids is 1. The van der Waals surface area contributed by atoms with Crippen LogP contribution in [-0.4, -0.2) is 52.5 Å². The molecule has 4 rings (SSSR count). The molecule has 10 nitrogen and oxygen atoms in total. The number of hydrogen-bond donors (Lipinski definition) is 4. The number of ether oxygens (including phenoxy) is 1. The Morgan fingerprint density at radius 2 is 1.85 bits per heavy atom. The van der Waals surface area contributed by atoms with Crippen molar-refractivity contribution in [1.29, 1.82) is 0 Å². The molecule has 0 atom stereocenters. The molecule has 204 valence electrons. The van der Waals surface area contributed by atoms with Crippen LogP contribution in [0.3, 0.4) is 0 Å². The minimum Gasteiger partial charge on any atom is -0.477 e. The third kappa shape index (κ3) is 7.45. The van der Waals surface area contributed by atoms with Crippen LogP contribution in [0, 0.1) is 0 Å². The number of pyridine rings is 1. The summed E-state index contributed by atoms with van der Waals surface area (Å²) in [6, 6.07) is 11.7. The number of hydrogen-bond acceptors (Lipinski definition) is 6.